The topological polar surface area (TPSA) is 12.0 Å². The van der Waals surface area contributed by atoms with Crippen molar-refractivity contribution >= 4 is 0 Å². The fraction of sp³-hybridized carbons (Fsp3) is 0.700. The summed E-state index contributed by atoms with van der Waals surface area (Å²) in [5.74, 6) is 2.18. The van der Waals surface area contributed by atoms with E-state index in [2.05, 4.69) is 57.3 Å². The Kier molecular flexibility index (Phi) is 6.29. The molecule has 0 spiro atoms. The average molecular weight is 287 g/mol. The van der Waals surface area contributed by atoms with Gasteiger partial charge < -0.3 is 5.32 Å². The van der Waals surface area contributed by atoms with Crippen molar-refractivity contribution in [1.82, 2.24) is 5.32 Å². The monoisotopic (exact) mass is 287 g/mol. The third-order valence-electron chi connectivity index (χ3n) is 5.00. The first-order valence-corrected chi connectivity index (χ1v) is 8.91. The van der Waals surface area contributed by atoms with Crippen LogP contribution in [-0.4, -0.2) is 12.6 Å². The molecule has 0 amide bonds. The molecule has 0 saturated heterocycles. The number of nitrogens with one attached hydrogen (secondary N) is 1. The van der Waals surface area contributed by atoms with Crippen LogP contribution in [0.2, 0.25) is 0 Å². The molecular weight excluding hydrogens is 254 g/mol. The first-order valence-electron chi connectivity index (χ1n) is 8.91. The second kappa shape index (κ2) is 7.98. The zero-order valence-corrected chi connectivity index (χ0v) is 14.4. The summed E-state index contributed by atoms with van der Waals surface area (Å²) < 4.78 is 0. The molecule has 1 fully saturated rings. The van der Waals surface area contributed by atoms with E-state index in [4.69, 9.17) is 0 Å². The summed E-state index contributed by atoms with van der Waals surface area (Å²) in [5, 5.41) is 3.68. The first-order chi connectivity index (χ1) is 10.1. The molecule has 21 heavy (non-hydrogen) atoms. The molecule has 1 aromatic carbocycles. The second-order valence-electron chi connectivity index (χ2n) is 7.39. The Morgan fingerprint density at radius 3 is 2.00 bits per heavy atom. The molecule has 1 saturated carbocycles. The van der Waals surface area contributed by atoms with E-state index in [1.807, 2.05) is 0 Å². The molecular formula is C20H33N. The molecule has 0 bridgehead atoms. The zero-order chi connectivity index (χ0) is 15.2. The second-order valence-corrected chi connectivity index (χ2v) is 7.39. The number of hydrogen-bond acceptors (Lipinski definition) is 1. The largest absolute Gasteiger partial charge is 0.314 e. The molecule has 0 aliphatic heterocycles. The predicted octanol–water partition coefficient (Wildman–Crippen LogP) is 5.47. The molecule has 1 nitrogen and oxygen atoms in total. The maximum atomic E-state index is 3.68. The standard InChI is InChI=1S/C20H33N/c1-15(2)17-10-12-19(13-11-17)20(14-21-16(3)4)18-8-6-5-7-9-18/h10-13,15-16,18,20-21H,5-9,14H2,1-4H3. The van der Waals surface area contributed by atoms with Crippen molar-refractivity contribution in [2.45, 2.75) is 77.7 Å². The highest BCUT2D eigenvalue weighted by atomic mass is 14.9. The van der Waals surface area contributed by atoms with E-state index in [1.165, 1.54) is 37.7 Å². The Balaban J connectivity index is 2.12. The summed E-state index contributed by atoms with van der Waals surface area (Å²) in [6.07, 6.45) is 7.11. The quantitative estimate of drug-likeness (QED) is 0.731. The Morgan fingerprint density at radius 1 is 0.905 bits per heavy atom. The van der Waals surface area contributed by atoms with Crippen molar-refractivity contribution < 1.29 is 0 Å². The number of hydrogen-bond donors (Lipinski definition) is 1. The van der Waals surface area contributed by atoms with Crippen LogP contribution >= 0.6 is 0 Å². The lowest BCUT2D eigenvalue weighted by atomic mass is 9.76. The first kappa shape index (κ1) is 16.5. The minimum absolute atomic E-state index is 0.575. The van der Waals surface area contributed by atoms with Crippen molar-refractivity contribution in [3.8, 4) is 0 Å². The van der Waals surface area contributed by atoms with Crippen LogP contribution in [0.1, 0.15) is 82.8 Å². The van der Waals surface area contributed by atoms with Gasteiger partial charge in [0.25, 0.3) is 0 Å². The SMILES string of the molecule is CC(C)NCC(c1ccc(C(C)C)cc1)C1CCCCC1. The van der Waals surface area contributed by atoms with Crippen LogP contribution in [0.25, 0.3) is 0 Å². The van der Waals surface area contributed by atoms with Gasteiger partial charge in [0.1, 0.15) is 0 Å². The molecule has 1 aliphatic carbocycles. The van der Waals surface area contributed by atoms with Gasteiger partial charge in [0, 0.05) is 12.6 Å². The Labute approximate surface area is 131 Å². The number of benzene rings is 1. The van der Waals surface area contributed by atoms with E-state index in [0.29, 0.717) is 17.9 Å². The molecule has 1 heteroatoms. The van der Waals surface area contributed by atoms with Crippen LogP contribution in [0.5, 0.6) is 0 Å². The summed E-state index contributed by atoms with van der Waals surface area (Å²) in [4.78, 5) is 0. The van der Waals surface area contributed by atoms with Gasteiger partial charge in [0.15, 0.2) is 0 Å². The summed E-state index contributed by atoms with van der Waals surface area (Å²) in [7, 11) is 0. The van der Waals surface area contributed by atoms with Gasteiger partial charge in [-0.15, -0.1) is 0 Å². The molecule has 118 valence electrons. The minimum Gasteiger partial charge on any atom is -0.314 e. The van der Waals surface area contributed by atoms with Crippen molar-refractivity contribution in [2.75, 3.05) is 6.54 Å². The Hall–Kier alpha value is -0.820. The normalized spacial score (nSPS) is 18.4. The van der Waals surface area contributed by atoms with Crippen LogP contribution in [0.4, 0.5) is 0 Å². The Morgan fingerprint density at radius 2 is 1.48 bits per heavy atom. The molecule has 1 aromatic rings. The van der Waals surface area contributed by atoms with E-state index in [9.17, 15) is 0 Å². The zero-order valence-electron chi connectivity index (χ0n) is 14.4. The van der Waals surface area contributed by atoms with Gasteiger partial charge in [-0.1, -0.05) is 71.2 Å². The maximum absolute atomic E-state index is 3.68. The van der Waals surface area contributed by atoms with Crippen molar-refractivity contribution in [3.63, 3.8) is 0 Å². The maximum Gasteiger partial charge on any atom is 0.00251 e. The Bertz CT molecular complexity index is 398. The van der Waals surface area contributed by atoms with Crippen LogP contribution < -0.4 is 5.32 Å². The van der Waals surface area contributed by atoms with E-state index in [0.717, 1.165) is 12.5 Å². The van der Waals surface area contributed by atoms with E-state index in [1.54, 1.807) is 5.56 Å². The van der Waals surface area contributed by atoms with E-state index in [-0.39, 0.29) is 0 Å². The lowest BCUT2D eigenvalue weighted by Crippen LogP contribution is -2.32. The predicted molar refractivity (Wildman–Crippen MR) is 93.0 cm³/mol. The average Bonchev–Trinajstić information content (AvgIpc) is 2.49. The summed E-state index contributed by atoms with van der Waals surface area (Å²) >= 11 is 0. The lowest BCUT2D eigenvalue weighted by Gasteiger charge is -2.31. The highest BCUT2D eigenvalue weighted by molar-refractivity contribution is 5.28. The molecule has 0 radical (unpaired) electrons. The number of rotatable bonds is 6. The molecule has 0 heterocycles. The summed E-state index contributed by atoms with van der Waals surface area (Å²) in [5.41, 5.74) is 3.00. The fourth-order valence-corrected chi connectivity index (χ4v) is 3.58. The minimum atomic E-state index is 0.575. The third-order valence-corrected chi connectivity index (χ3v) is 5.00. The van der Waals surface area contributed by atoms with Crippen molar-refractivity contribution in [3.05, 3.63) is 35.4 Å². The van der Waals surface area contributed by atoms with Crippen LogP contribution in [-0.2, 0) is 0 Å². The molecule has 1 unspecified atom stereocenters. The highest BCUT2D eigenvalue weighted by Gasteiger charge is 2.25. The van der Waals surface area contributed by atoms with Gasteiger partial charge >= 0.3 is 0 Å². The van der Waals surface area contributed by atoms with E-state index < -0.39 is 0 Å². The molecule has 2 rings (SSSR count). The summed E-state index contributed by atoms with van der Waals surface area (Å²) in [6, 6.07) is 10.0. The molecule has 1 atom stereocenters. The van der Waals surface area contributed by atoms with Crippen LogP contribution in [0.3, 0.4) is 0 Å². The van der Waals surface area contributed by atoms with Crippen LogP contribution in [0.15, 0.2) is 24.3 Å². The van der Waals surface area contributed by atoms with Gasteiger partial charge in [0.05, 0.1) is 0 Å². The fourth-order valence-electron chi connectivity index (χ4n) is 3.58. The van der Waals surface area contributed by atoms with Crippen molar-refractivity contribution in [1.29, 1.82) is 0 Å². The van der Waals surface area contributed by atoms with Crippen LogP contribution in [0, 0.1) is 5.92 Å². The molecule has 1 N–H and O–H groups in total. The van der Waals surface area contributed by atoms with Gasteiger partial charge in [-0.25, -0.2) is 0 Å². The smallest absolute Gasteiger partial charge is 0.00251 e. The summed E-state index contributed by atoms with van der Waals surface area (Å²) in [6.45, 7) is 10.2. The van der Waals surface area contributed by atoms with Gasteiger partial charge in [-0.2, -0.15) is 0 Å². The molecule has 1 aliphatic rings. The van der Waals surface area contributed by atoms with Gasteiger partial charge in [-0.3, -0.25) is 0 Å². The highest BCUT2D eigenvalue weighted by Crippen LogP contribution is 2.36. The van der Waals surface area contributed by atoms with Crippen molar-refractivity contribution in [2.24, 2.45) is 5.92 Å². The third kappa shape index (κ3) is 4.85. The van der Waals surface area contributed by atoms with Gasteiger partial charge in [-0.05, 0) is 41.7 Å². The van der Waals surface area contributed by atoms with E-state index >= 15 is 0 Å². The lowest BCUT2D eigenvalue weighted by molar-refractivity contribution is 0.293. The van der Waals surface area contributed by atoms with Gasteiger partial charge in [0.2, 0.25) is 0 Å². The molecule has 0 aromatic heterocycles.